The first-order valence-electron chi connectivity index (χ1n) is 10.2. The van der Waals surface area contributed by atoms with Gasteiger partial charge in [0.15, 0.2) is 0 Å². The molecule has 5 nitrogen and oxygen atoms in total. The molecule has 2 aromatic carbocycles. The van der Waals surface area contributed by atoms with Crippen LogP contribution in [0.4, 0.5) is 13.2 Å². The molecule has 32 heavy (non-hydrogen) atoms. The maximum atomic E-state index is 12.0. The van der Waals surface area contributed by atoms with E-state index in [0.717, 1.165) is 42.0 Å². The Morgan fingerprint density at radius 1 is 0.938 bits per heavy atom. The van der Waals surface area contributed by atoms with Gasteiger partial charge in [-0.3, -0.25) is 4.79 Å². The molecule has 0 aliphatic heterocycles. The maximum Gasteiger partial charge on any atom is 0.491 e. The van der Waals surface area contributed by atoms with Crippen LogP contribution in [0, 0.1) is 0 Å². The molecule has 0 unspecified atom stereocenters. The van der Waals surface area contributed by atoms with E-state index in [-0.39, 0.29) is 13.0 Å². The Morgan fingerprint density at radius 3 is 2.34 bits per heavy atom. The van der Waals surface area contributed by atoms with Crippen molar-refractivity contribution in [3.05, 3.63) is 64.7 Å². The van der Waals surface area contributed by atoms with E-state index in [4.69, 9.17) is 16.3 Å². The molecule has 1 N–H and O–H groups in total. The fourth-order valence-corrected chi connectivity index (χ4v) is 3.07. The third kappa shape index (κ3) is 10.2. The van der Waals surface area contributed by atoms with Crippen molar-refractivity contribution in [3.63, 3.8) is 0 Å². The Bertz CT molecular complexity index is 872. The number of esters is 2. The van der Waals surface area contributed by atoms with Crippen LogP contribution in [0.25, 0.3) is 0 Å². The number of carbonyl (C=O) groups is 2. The fourth-order valence-electron chi connectivity index (χ4n) is 2.86. The summed E-state index contributed by atoms with van der Waals surface area (Å²) in [5, 5.41) is 3.67. The number of hydrogen-bond donors (Lipinski definition) is 1. The second-order valence-electron chi connectivity index (χ2n) is 7.09. The highest BCUT2D eigenvalue weighted by Crippen LogP contribution is 2.17. The number of nitrogens with one attached hydrogen (secondary N) is 1. The van der Waals surface area contributed by atoms with E-state index in [1.807, 2.05) is 48.5 Å². The van der Waals surface area contributed by atoms with Crippen molar-refractivity contribution in [2.45, 2.75) is 38.3 Å². The zero-order valence-electron chi connectivity index (χ0n) is 17.4. The molecule has 0 aromatic heterocycles. The van der Waals surface area contributed by atoms with Crippen LogP contribution in [0.5, 0.6) is 5.75 Å². The lowest BCUT2D eigenvalue weighted by molar-refractivity contribution is -0.201. The van der Waals surface area contributed by atoms with Gasteiger partial charge in [0.25, 0.3) is 0 Å². The fraction of sp³-hybridized carbons (Fsp3) is 0.391. The van der Waals surface area contributed by atoms with Crippen LogP contribution in [0.15, 0.2) is 48.5 Å². The van der Waals surface area contributed by atoms with Gasteiger partial charge in [0.2, 0.25) is 0 Å². The number of alkyl halides is 3. The van der Waals surface area contributed by atoms with Crippen molar-refractivity contribution in [1.29, 1.82) is 0 Å². The third-order valence-electron chi connectivity index (χ3n) is 4.45. The summed E-state index contributed by atoms with van der Waals surface area (Å²) in [5.41, 5.74) is 2.30. The third-order valence-corrected chi connectivity index (χ3v) is 4.69. The molecule has 0 aliphatic carbocycles. The molecule has 9 heteroatoms. The predicted molar refractivity (Wildman–Crippen MR) is 115 cm³/mol. The highest BCUT2D eigenvalue weighted by Gasteiger charge is 2.42. The standard InChI is InChI=1S/C23H25ClF3NO4/c24-19-7-1-4-18(16-19)6-3-15-31-20-10-8-17(9-11-20)5-2-13-28-14-12-21(29)32-22(30)23(25,26)27/h1,4,7-11,16,28H,2-3,5-6,12-15H2. The van der Waals surface area contributed by atoms with E-state index in [0.29, 0.717) is 13.2 Å². The van der Waals surface area contributed by atoms with Crippen LogP contribution in [0.1, 0.15) is 30.4 Å². The summed E-state index contributed by atoms with van der Waals surface area (Å²) in [7, 11) is 0. The minimum Gasteiger partial charge on any atom is -0.494 e. The minimum absolute atomic E-state index is 0.131. The summed E-state index contributed by atoms with van der Waals surface area (Å²) in [4.78, 5) is 21.7. The van der Waals surface area contributed by atoms with Gasteiger partial charge in [-0.2, -0.15) is 13.2 Å². The molecule has 0 heterocycles. The summed E-state index contributed by atoms with van der Waals surface area (Å²) in [5.74, 6) is -2.90. The van der Waals surface area contributed by atoms with Gasteiger partial charge in [-0.25, -0.2) is 4.79 Å². The summed E-state index contributed by atoms with van der Waals surface area (Å²) < 4.78 is 45.4. The van der Waals surface area contributed by atoms with E-state index >= 15 is 0 Å². The van der Waals surface area contributed by atoms with Crippen LogP contribution in [-0.2, 0) is 27.2 Å². The van der Waals surface area contributed by atoms with Crippen molar-refractivity contribution >= 4 is 23.5 Å². The van der Waals surface area contributed by atoms with E-state index < -0.39 is 18.1 Å². The van der Waals surface area contributed by atoms with Gasteiger partial charge in [0, 0.05) is 11.6 Å². The first-order chi connectivity index (χ1) is 15.2. The SMILES string of the molecule is O=C(CCNCCCc1ccc(OCCCc2cccc(Cl)c2)cc1)OC(=O)C(F)(F)F. The molecule has 2 rings (SSSR count). The highest BCUT2D eigenvalue weighted by molar-refractivity contribution is 6.30. The molecule has 0 spiro atoms. The second-order valence-corrected chi connectivity index (χ2v) is 7.53. The molecule has 0 amide bonds. The lowest BCUT2D eigenvalue weighted by Crippen LogP contribution is -2.29. The van der Waals surface area contributed by atoms with E-state index in [2.05, 4.69) is 10.1 Å². The normalized spacial score (nSPS) is 11.2. The number of carbonyl (C=O) groups excluding carboxylic acids is 2. The van der Waals surface area contributed by atoms with Crippen molar-refractivity contribution in [2.24, 2.45) is 0 Å². The number of benzene rings is 2. The predicted octanol–water partition coefficient (Wildman–Crippen LogP) is 4.90. The molecule has 0 saturated heterocycles. The highest BCUT2D eigenvalue weighted by atomic mass is 35.5. The van der Waals surface area contributed by atoms with Gasteiger partial charge in [-0.15, -0.1) is 0 Å². The molecular weight excluding hydrogens is 447 g/mol. The molecule has 2 aromatic rings. The average molecular weight is 472 g/mol. The lowest BCUT2D eigenvalue weighted by Gasteiger charge is -2.08. The molecule has 0 saturated carbocycles. The molecule has 0 aliphatic rings. The number of ether oxygens (including phenoxy) is 2. The van der Waals surface area contributed by atoms with Gasteiger partial charge in [0.1, 0.15) is 5.75 Å². The van der Waals surface area contributed by atoms with Crippen molar-refractivity contribution in [1.82, 2.24) is 5.32 Å². The van der Waals surface area contributed by atoms with Gasteiger partial charge in [-0.05, 0) is 67.6 Å². The minimum atomic E-state index is -5.17. The summed E-state index contributed by atoms with van der Waals surface area (Å²) in [6, 6.07) is 15.6. The average Bonchev–Trinajstić information content (AvgIpc) is 2.74. The van der Waals surface area contributed by atoms with Crippen LogP contribution in [0.2, 0.25) is 5.02 Å². The van der Waals surface area contributed by atoms with E-state index in [9.17, 15) is 22.8 Å². The Kier molecular flexibility index (Phi) is 10.5. The molecular formula is C23H25ClF3NO4. The number of aryl methyl sites for hydroxylation is 2. The van der Waals surface area contributed by atoms with Crippen molar-refractivity contribution in [3.8, 4) is 5.75 Å². The largest absolute Gasteiger partial charge is 0.494 e. The number of hydrogen-bond acceptors (Lipinski definition) is 5. The monoisotopic (exact) mass is 471 g/mol. The zero-order chi connectivity index (χ0) is 23.4. The van der Waals surface area contributed by atoms with Gasteiger partial charge in [0.05, 0.1) is 13.0 Å². The Balaban J connectivity index is 1.54. The van der Waals surface area contributed by atoms with Crippen LogP contribution in [-0.4, -0.2) is 37.8 Å². The first kappa shape index (κ1) is 25.7. The molecule has 0 fully saturated rings. The van der Waals surface area contributed by atoms with Gasteiger partial charge in [-0.1, -0.05) is 35.9 Å². The van der Waals surface area contributed by atoms with E-state index in [1.165, 1.54) is 5.56 Å². The molecule has 0 radical (unpaired) electrons. The smallest absolute Gasteiger partial charge is 0.491 e. The maximum absolute atomic E-state index is 12.0. The quantitative estimate of drug-likeness (QED) is 0.271. The molecule has 0 bridgehead atoms. The van der Waals surface area contributed by atoms with Gasteiger partial charge < -0.3 is 14.8 Å². The number of halogens is 4. The first-order valence-corrected chi connectivity index (χ1v) is 10.6. The zero-order valence-corrected chi connectivity index (χ0v) is 18.2. The van der Waals surface area contributed by atoms with Crippen LogP contribution < -0.4 is 10.1 Å². The molecule has 0 atom stereocenters. The lowest BCUT2D eigenvalue weighted by atomic mass is 10.1. The summed E-state index contributed by atoms with van der Waals surface area (Å²) >= 11 is 5.97. The Labute approximate surface area is 189 Å². The molecule has 174 valence electrons. The van der Waals surface area contributed by atoms with E-state index in [1.54, 1.807) is 0 Å². The van der Waals surface area contributed by atoms with Gasteiger partial charge >= 0.3 is 18.1 Å². The van der Waals surface area contributed by atoms with Crippen molar-refractivity contribution in [2.75, 3.05) is 19.7 Å². The van der Waals surface area contributed by atoms with Crippen molar-refractivity contribution < 1.29 is 32.2 Å². The summed E-state index contributed by atoms with van der Waals surface area (Å²) in [6.45, 7) is 1.31. The number of rotatable bonds is 12. The second kappa shape index (κ2) is 13.1. The van der Waals surface area contributed by atoms with Crippen LogP contribution in [0.3, 0.4) is 0 Å². The Morgan fingerprint density at radius 2 is 1.66 bits per heavy atom. The topological polar surface area (TPSA) is 64.6 Å². The van der Waals surface area contributed by atoms with Crippen LogP contribution >= 0.6 is 11.6 Å². The Hall–Kier alpha value is -2.58. The summed E-state index contributed by atoms with van der Waals surface area (Å²) in [6.07, 6.45) is -2.14.